The Bertz CT molecular complexity index is 1040. The van der Waals surface area contributed by atoms with E-state index in [1.807, 2.05) is 0 Å². The largest absolute Gasteiger partial charge is 0.462 e. The first-order valence-corrected chi connectivity index (χ1v) is 25.9. The normalized spacial score (nSPS) is 13.6. The predicted octanol–water partition coefficient (Wildman–Crippen LogP) is 15.5. The summed E-state index contributed by atoms with van der Waals surface area (Å²) in [6, 6.07) is -0.710. The molecule has 3 N–H and O–H groups in total. The van der Waals surface area contributed by atoms with Gasteiger partial charge in [-0.15, -0.1) is 0 Å². The van der Waals surface area contributed by atoms with Crippen molar-refractivity contribution >= 4 is 11.9 Å². The van der Waals surface area contributed by atoms with E-state index in [-0.39, 0.29) is 24.9 Å². The van der Waals surface area contributed by atoms with Crippen LogP contribution in [0.2, 0.25) is 0 Å². The zero-order valence-electron chi connectivity index (χ0n) is 39.8. The van der Waals surface area contributed by atoms with Gasteiger partial charge in [-0.2, -0.15) is 0 Å². The number of hydrogen-bond donors (Lipinski definition) is 3. The van der Waals surface area contributed by atoms with Crippen molar-refractivity contribution in [3.8, 4) is 0 Å². The summed E-state index contributed by atoms with van der Waals surface area (Å²) in [5, 5.41) is 23.7. The van der Waals surface area contributed by atoms with E-state index in [0.29, 0.717) is 25.7 Å². The number of carbonyl (C=O) groups is 2. The highest BCUT2D eigenvalue weighted by molar-refractivity contribution is 5.77. The van der Waals surface area contributed by atoms with Crippen molar-refractivity contribution in [1.82, 2.24) is 5.32 Å². The number of aliphatic hydroxyl groups excluding tert-OH is 2. The molecule has 350 valence electrons. The molecule has 0 aromatic rings. The Morgan fingerprint density at radius 1 is 0.483 bits per heavy atom. The lowest BCUT2D eigenvalue weighted by atomic mass is 10.0. The van der Waals surface area contributed by atoms with E-state index in [4.69, 9.17) is 4.74 Å². The summed E-state index contributed by atoms with van der Waals surface area (Å²) in [5.74, 6) is -0.535. The minimum absolute atomic E-state index is 0.0580. The Balaban J connectivity index is 4.57. The molecule has 0 aliphatic rings. The van der Waals surface area contributed by atoms with Gasteiger partial charge in [0.1, 0.15) is 6.10 Å². The second-order valence-corrected chi connectivity index (χ2v) is 17.6. The smallest absolute Gasteiger partial charge is 0.306 e. The van der Waals surface area contributed by atoms with Crippen molar-refractivity contribution in [3.63, 3.8) is 0 Å². The van der Waals surface area contributed by atoms with Crippen LogP contribution in [0.3, 0.4) is 0 Å². The molecule has 0 aliphatic carbocycles. The Kier molecular flexibility index (Phi) is 46.1. The van der Waals surface area contributed by atoms with Crippen molar-refractivity contribution in [1.29, 1.82) is 0 Å². The van der Waals surface area contributed by atoms with Crippen LogP contribution in [0.15, 0.2) is 48.6 Å². The van der Waals surface area contributed by atoms with Gasteiger partial charge in [0, 0.05) is 6.42 Å². The van der Waals surface area contributed by atoms with Crippen LogP contribution in [-0.4, -0.2) is 46.9 Å². The van der Waals surface area contributed by atoms with Gasteiger partial charge < -0.3 is 20.3 Å². The number of rotatable bonds is 46. The van der Waals surface area contributed by atoms with E-state index in [1.54, 1.807) is 0 Å². The third-order valence-corrected chi connectivity index (χ3v) is 11.7. The quantitative estimate of drug-likeness (QED) is 0.0322. The average molecular weight is 842 g/mol. The third kappa shape index (κ3) is 42.5. The molecule has 0 radical (unpaired) electrons. The Labute approximate surface area is 372 Å². The number of amides is 1. The molecular weight excluding hydrogens is 743 g/mol. The highest BCUT2D eigenvalue weighted by Crippen LogP contribution is 2.18. The molecule has 0 bridgehead atoms. The van der Waals surface area contributed by atoms with Crippen LogP contribution in [0, 0.1) is 0 Å². The molecule has 0 aliphatic heterocycles. The van der Waals surface area contributed by atoms with Crippen LogP contribution in [0.25, 0.3) is 0 Å². The highest BCUT2D eigenvalue weighted by Gasteiger charge is 2.24. The fraction of sp³-hybridized carbons (Fsp3) is 0.815. The summed E-state index contributed by atoms with van der Waals surface area (Å²) >= 11 is 0. The lowest BCUT2D eigenvalue weighted by Gasteiger charge is -2.24. The minimum atomic E-state index is -0.794. The number of hydrogen-bond acceptors (Lipinski definition) is 5. The number of unbranched alkanes of at least 4 members (excludes halogenated alkanes) is 26. The summed E-state index contributed by atoms with van der Waals surface area (Å²) in [5.41, 5.74) is 0. The molecule has 6 heteroatoms. The molecule has 60 heavy (non-hydrogen) atoms. The van der Waals surface area contributed by atoms with E-state index < -0.39 is 18.2 Å². The molecule has 3 unspecified atom stereocenters. The fourth-order valence-electron chi connectivity index (χ4n) is 7.72. The van der Waals surface area contributed by atoms with Gasteiger partial charge in [-0.25, -0.2) is 0 Å². The number of carbonyl (C=O) groups excluding carboxylic acids is 2. The zero-order valence-corrected chi connectivity index (χ0v) is 39.8. The summed E-state index contributed by atoms with van der Waals surface area (Å²) in [6.45, 7) is 6.44. The standard InChI is InChI=1S/C54H99NO5/c1-4-7-10-13-16-19-22-24-26-27-28-30-32-35-38-41-44-47-54(59)60-50(45-42-39-36-33-21-18-15-12-9-6-3)48-53(58)55-51(49-56)52(57)46-43-40-37-34-31-29-25-23-20-17-14-11-8-5-2/h16,19,24,26,28,30,35,38,50-52,56-57H,4-15,17-18,20-23,25,27,29,31-34,36-37,39-49H2,1-3H3,(H,55,58)/b19-16-,26-24-,30-28-,38-35-. The van der Waals surface area contributed by atoms with E-state index in [1.165, 1.54) is 141 Å². The molecule has 0 aromatic carbocycles. The van der Waals surface area contributed by atoms with Gasteiger partial charge in [-0.05, 0) is 64.2 Å². The highest BCUT2D eigenvalue weighted by atomic mass is 16.5. The van der Waals surface area contributed by atoms with Gasteiger partial charge in [0.05, 0.1) is 25.2 Å². The summed E-state index contributed by atoms with van der Waals surface area (Å²) in [7, 11) is 0. The van der Waals surface area contributed by atoms with E-state index >= 15 is 0 Å². The van der Waals surface area contributed by atoms with Crippen LogP contribution in [0.4, 0.5) is 0 Å². The van der Waals surface area contributed by atoms with E-state index in [9.17, 15) is 19.8 Å². The Hall–Kier alpha value is -2.18. The van der Waals surface area contributed by atoms with E-state index in [2.05, 4.69) is 74.7 Å². The molecule has 6 nitrogen and oxygen atoms in total. The van der Waals surface area contributed by atoms with Crippen molar-refractivity contribution in [2.75, 3.05) is 6.61 Å². The maximum absolute atomic E-state index is 13.2. The SMILES string of the molecule is CCCCC/C=C\C/C=C\C/C=C\C/C=C\CCCC(=O)OC(CCCCCCCCCCCC)CC(=O)NC(CO)C(O)CCCCCCCCCCCCCCCC. The lowest BCUT2D eigenvalue weighted by molar-refractivity contribution is -0.151. The monoisotopic (exact) mass is 842 g/mol. The van der Waals surface area contributed by atoms with E-state index in [0.717, 1.165) is 64.2 Å². The molecule has 0 spiro atoms. The first-order valence-electron chi connectivity index (χ1n) is 25.9. The van der Waals surface area contributed by atoms with Crippen LogP contribution >= 0.6 is 0 Å². The number of aliphatic hydroxyl groups is 2. The van der Waals surface area contributed by atoms with Crippen molar-refractivity contribution in [2.24, 2.45) is 0 Å². The van der Waals surface area contributed by atoms with Gasteiger partial charge in [0.15, 0.2) is 0 Å². The number of allylic oxidation sites excluding steroid dienone is 8. The van der Waals surface area contributed by atoms with Gasteiger partial charge in [-0.3, -0.25) is 9.59 Å². The van der Waals surface area contributed by atoms with Crippen LogP contribution in [0.5, 0.6) is 0 Å². The fourth-order valence-corrected chi connectivity index (χ4v) is 7.72. The lowest BCUT2D eigenvalue weighted by Crippen LogP contribution is -2.46. The maximum atomic E-state index is 13.2. The first-order chi connectivity index (χ1) is 29.5. The van der Waals surface area contributed by atoms with Crippen LogP contribution in [0.1, 0.15) is 258 Å². The molecule has 0 aromatic heterocycles. The molecule has 0 rings (SSSR count). The van der Waals surface area contributed by atoms with Crippen molar-refractivity contribution in [3.05, 3.63) is 48.6 Å². The average Bonchev–Trinajstić information content (AvgIpc) is 3.24. The van der Waals surface area contributed by atoms with Gasteiger partial charge in [0.25, 0.3) is 0 Å². The zero-order chi connectivity index (χ0) is 43.8. The predicted molar refractivity (Wildman–Crippen MR) is 259 cm³/mol. The number of ether oxygens (including phenoxy) is 1. The topological polar surface area (TPSA) is 95.9 Å². The summed E-state index contributed by atoms with van der Waals surface area (Å²) in [6.07, 6.45) is 57.4. The van der Waals surface area contributed by atoms with Crippen molar-refractivity contribution < 1.29 is 24.5 Å². The van der Waals surface area contributed by atoms with Gasteiger partial charge >= 0.3 is 5.97 Å². The Morgan fingerprint density at radius 3 is 1.28 bits per heavy atom. The second-order valence-electron chi connectivity index (χ2n) is 17.6. The molecule has 1 amide bonds. The molecule has 0 saturated heterocycles. The summed E-state index contributed by atoms with van der Waals surface area (Å²) in [4.78, 5) is 26.1. The van der Waals surface area contributed by atoms with Crippen LogP contribution in [-0.2, 0) is 14.3 Å². The molecular formula is C54H99NO5. The van der Waals surface area contributed by atoms with Gasteiger partial charge in [-0.1, -0.05) is 230 Å². The third-order valence-electron chi connectivity index (χ3n) is 11.7. The molecule has 0 saturated carbocycles. The molecule has 0 heterocycles. The van der Waals surface area contributed by atoms with Crippen molar-refractivity contribution in [2.45, 2.75) is 277 Å². The number of nitrogens with one attached hydrogen (secondary N) is 1. The summed E-state index contributed by atoms with van der Waals surface area (Å²) < 4.78 is 5.89. The molecule has 3 atom stereocenters. The van der Waals surface area contributed by atoms with Gasteiger partial charge in [0.2, 0.25) is 5.91 Å². The molecule has 0 fully saturated rings. The number of esters is 1. The Morgan fingerprint density at radius 2 is 0.850 bits per heavy atom. The minimum Gasteiger partial charge on any atom is -0.462 e. The second kappa shape index (κ2) is 47.9. The first kappa shape index (κ1) is 57.8. The maximum Gasteiger partial charge on any atom is 0.306 e. The van der Waals surface area contributed by atoms with Crippen LogP contribution < -0.4 is 5.32 Å².